The molecular weight excluding hydrogens is 290 g/mol. The van der Waals surface area contributed by atoms with Crippen molar-refractivity contribution < 1.29 is 9.15 Å². The zero-order chi connectivity index (χ0) is 15.6. The van der Waals surface area contributed by atoms with Crippen molar-refractivity contribution in [2.45, 2.75) is 45.3 Å². The minimum Gasteiger partial charge on any atom is -0.468 e. The van der Waals surface area contributed by atoms with Crippen LogP contribution in [0.15, 0.2) is 29.0 Å². The summed E-state index contributed by atoms with van der Waals surface area (Å²) in [6.45, 7) is 7.41. The van der Waals surface area contributed by atoms with E-state index in [0.29, 0.717) is 5.92 Å². The standard InChI is InChI=1S/C18H25N3O2/c1-2-22-13-15-9-20(10-16-4-3-7-23-16)12-18-17(15)11-21(19-18)8-14-5-6-14/h3-4,7,11,14-15H,2,5-6,8-10,12-13H2,1H3. The molecule has 3 heterocycles. The zero-order valence-corrected chi connectivity index (χ0v) is 13.8. The van der Waals surface area contributed by atoms with Crippen molar-refractivity contribution in [1.82, 2.24) is 14.7 Å². The highest BCUT2D eigenvalue weighted by molar-refractivity contribution is 5.25. The molecule has 0 spiro atoms. The molecule has 23 heavy (non-hydrogen) atoms. The van der Waals surface area contributed by atoms with Crippen molar-refractivity contribution in [3.8, 4) is 0 Å². The van der Waals surface area contributed by atoms with Crippen LogP contribution in [0.1, 0.15) is 42.7 Å². The summed E-state index contributed by atoms with van der Waals surface area (Å²) < 4.78 is 13.4. The molecule has 1 unspecified atom stereocenters. The van der Waals surface area contributed by atoms with Gasteiger partial charge in [0.1, 0.15) is 5.76 Å². The molecule has 5 nitrogen and oxygen atoms in total. The smallest absolute Gasteiger partial charge is 0.117 e. The number of hydrogen-bond acceptors (Lipinski definition) is 4. The van der Waals surface area contributed by atoms with Crippen LogP contribution in [0.25, 0.3) is 0 Å². The van der Waals surface area contributed by atoms with Gasteiger partial charge in [-0.25, -0.2) is 0 Å². The highest BCUT2D eigenvalue weighted by Crippen LogP contribution is 2.33. The van der Waals surface area contributed by atoms with Gasteiger partial charge in [-0.15, -0.1) is 0 Å². The largest absolute Gasteiger partial charge is 0.468 e. The lowest BCUT2D eigenvalue weighted by Crippen LogP contribution is -2.34. The summed E-state index contributed by atoms with van der Waals surface area (Å²) in [6.07, 6.45) is 6.73. The molecule has 2 aliphatic rings. The second-order valence-electron chi connectivity index (χ2n) is 6.80. The first-order valence-electron chi connectivity index (χ1n) is 8.70. The van der Waals surface area contributed by atoms with Crippen LogP contribution in [0.3, 0.4) is 0 Å². The third-order valence-corrected chi connectivity index (χ3v) is 4.79. The number of nitrogens with zero attached hydrogens (tertiary/aromatic N) is 3. The molecule has 1 atom stereocenters. The molecule has 0 radical (unpaired) electrons. The molecule has 1 aliphatic carbocycles. The highest BCUT2D eigenvalue weighted by atomic mass is 16.5. The molecule has 2 aromatic heterocycles. The molecule has 0 amide bonds. The van der Waals surface area contributed by atoms with E-state index in [1.807, 2.05) is 12.1 Å². The minimum absolute atomic E-state index is 0.404. The molecule has 5 heteroatoms. The molecule has 0 saturated heterocycles. The van der Waals surface area contributed by atoms with Gasteiger partial charge in [-0.3, -0.25) is 9.58 Å². The van der Waals surface area contributed by atoms with Crippen LogP contribution in [0.4, 0.5) is 0 Å². The summed E-state index contributed by atoms with van der Waals surface area (Å²) in [6, 6.07) is 3.99. The van der Waals surface area contributed by atoms with Crippen molar-refractivity contribution in [1.29, 1.82) is 0 Å². The zero-order valence-electron chi connectivity index (χ0n) is 13.8. The van der Waals surface area contributed by atoms with Crippen molar-refractivity contribution in [2.24, 2.45) is 5.92 Å². The van der Waals surface area contributed by atoms with E-state index in [-0.39, 0.29) is 0 Å². The SMILES string of the molecule is CCOCC1CN(Cc2ccco2)Cc2nn(CC3CC3)cc21. The number of aromatic nitrogens is 2. The van der Waals surface area contributed by atoms with E-state index in [2.05, 4.69) is 22.7 Å². The highest BCUT2D eigenvalue weighted by Gasteiger charge is 2.30. The van der Waals surface area contributed by atoms with Crippen LogP contribution in [-0.4, -0.2) is 34.4 Å². The molecule has 124 valence electrons. The fourth-order valence-electron chi connectivity index (χ4n) is 3.43. The Bertz CT molecular complexity index is 631. The Morgan fingerprint density at radius 1 is 1.39 bits per heavy atom. The maximum atomic E-state index is 5.73. The van der Waals surface area contributed by atoms with E-state index in [1.165, 1.54) is 24.1 Å². The summed E-state index contributed by atoms with van der Waals surface area (Å²) in [5.41, 5.74) is 2.60. The predicted octanol–water partition coefficient (Wildman–Crippen LogP) is 3.02. The van der Waals surface area contributed by atoms with Crippen LogP contribution in [-0.2, 0) is 24.4 Å². The lowest BCUT2D eigenvalue weighted by molar-refractivity contribution is 0.102. The van der Waals surface area contributed by atoms with Gasteiger partial charge < -0.3 is 9.15 Å². The number of rotatable bonds is 7. The Morgan fingerprint density at radius 2 is 2.30 bits per heavy atom. The second-order valence-corrected chi connectivity index (χ2v) is 6.80. The summed E-state index contributed by atoms with van der Waals surface area (Å²) in [5.74, 6) is 2.27. The van der Waals surface area contributed by atoms with Crippen LogP contribution in [0.2, 0.25) is 0 Å². The van der Waals surface area contributed by atoms with E-state index in [0.717, 1.165) is 51.1 Å². The Labute approximate surface area is 137 Å². The van der Waals surface area contributed by atoms with Crippen molar-refractivity contribution in [3.05, 3.63) is 41.6 Å². The topological polar surface area (TPSA) is 43.4 Å². The maximum Gasteiger partial charge on any atom is 0.117 e. The average Bonchev–Trinajstić information content (AvgIpc) is 3.04. The Balaban J connectivity index is 1.51. The number of furan rings is 1. The fraction of sp³-hybridized carbons (Fsp3) is 0.611. The molecular formula is C18H25N3O2. The van der Waals surface area contributed by atoms with Crippen LogP contribution < -0.4 is 0 Å². The average molecular weight is 315 g/mol. The van der Waals surface area contributed by atoms with Crippen molar-refractivity contribution in [3.63, 3.8) is 0 Å². The summed E-state index contributed by atoms with van der Waals surface area (Å²) in [4.78, 5) is 2.42. The lowest BCUT2D eigenvalue weighted by Gasteiger charge is -2.31. The normalized spacial score (nSPS) is 21.5. The Morgan fingerprint density at radius 3 is 3.04 bits per heavy atom. The quantitative estimate of drug-likeness (QED) is 0.788. The summed E-state index contributed by atoms with van der Waals surface area (Å²) in [5, 5.41) is 4.86. The molecule has 0 aromatic carbocycles. The van der Waals surface area contributed by atoms with E-state index >= 15 is 0 Å². The first kappa shape index (κ1) is 15.0. The van der Waals surface area contributed by atoms with Crippen molar-refractivity contribution >= 4 is 0 Å². The monoisotopic (exact) mass is 315 g/mol. The van der Waals surface area contributed by atoms with Gasteiger partial charge in [0.2, 0.25) is 0 Å². The van der Waals surface area contributed by atoms with Gasteiger partial charge in [0.05, 0.1) is 25.1 Å². The first-order valence-corrected chi connectivity index (χ1v) is 8.70. The van der Waals surface area contributed by atoms with Crippen LogP contribution >= 0.6 is 0 Å². The van der Waals surface area contributed by atoms with Crippen molar-refractivity contribution in [2.75, 3.05) is 19.8 Å². The maximum absolute atomic E-state index is 5.73. The van der Waals surface area contributed by atoms with E-state index in [4.69, 9.17) is 14.3 Å². The fourth-order valence-corrected chi connectivity index (χ4v) is 3.43. The predicted molar refractivity (Wildman–Crippen MR) is 87.0 cm³/mol. The minimum atomic E-state index is 0.404. The molecule has 0 N–H and O–H groups in total. The van der Waals surface area contributed by atoms with Crippen LogP contribution in [0, 0.1) is 5.92 Å². The van der Waals surface area contributed by atoms with Gasteiger partial charge in [-0.1, -0.05) is 0 Å². The Hall–Kier alpha value is -1.59. The molecule has 1 saturated carbocycles. The lowest BCUT2D eigenvalue weighted by atomic mass is 9.95. The van der Waals surface area contributed by atoms with Gasteiger partial charge in [0.15, 0.2) is 0 Å². The molecule has 4 rings (SSSR count). The van der Waals surface area contributed by atoms with Gasteiger partial charge in [-0.2, -0.15) is 5.10 Å². The van der Waals surface area contributed by atoms with E-state index in [9.17, 15) is 0 Å². The van der Waals surface area contributed by atoms with E-state index < -0.39 is 0 Å². The van der Waals surface area contributed by atoms with Gasteiger partial charge in [0, 0.05) is 43.9 Å². The second kappa shape index (κ2) is 6.49. The Kier molecular flexibility index (Phi) is 4.23. The van der Waals surface area contributed by atoms with Gasteiger partial charge in [-0.05, 0) is 37.8 Å². The first-order chi connectivity index (χ1) is 11.3. The third kappa shape index (κ3) is 3.51. The number of fused-ring (bicyclic) bond motifs is 1. The molecule has 2 aromatic rings. The summed E-state index contributed by atoms with van der Waals surface area (Å²) in [7, 11) is 0. The van der Waals surface area contributed by atoms with Crippen LogP contribution in [0.5, 0.6) is 0 Å². The number of ether oxygens (including phenoxy) is 1. The van der Waals surface area contributed by atoms with Gasteiger partial charge in [0.25, 0.3) is 0 Å². The molecule has 1 aliphatic heterocycles. The number of hydrogen-bond donors (Lipinski definition) is 0. The molecule has 0 bridgehead atoms. The van der Waals surface area contributed by atoms with E-state index in [1.54, 1.807) is 6.26 Å². The summed E-state index contributed by atoms with van der Waals surface area (Å²) >= 11 is 0. The molecule has 1 fully saturated rings. The third-order valence-electron chi connectivity index (χ3n) is 4.79. The van der Waals surface area contributed by atoms with Gasteiger partial charge >= 0.3 is 0 Å².